The molecule has 2 heterocycles. The standard InChI is InChI=1S/C15H14N2O2S/c1-10-6-7-14(20-10)15(18)17-9-8-12(16-19)11-4-2-3-5-13(11)17/h2-7,19H,8-9H2,1H3. The molecule has 0 saturated heterocycles. The van der Waals surface area contributed by atoms with Crippen LogP contribution in [0.25, 0.3) is 0 Å². The third-order valence-corrected chi connectivity index (χ3v) is 4.38. The van der Waals surface area contributed by atoms with Gasteiger partial charge in [-0.25, -0.2) is 0 Å². The van der Waals surface area contributed by atoms with E-state index in [0.29, 0.717) is 18.7 Å². The minimum atomic E-state index is 0.00698. The van der Waals surface area contributed by atoms with Crippen molar-refractivity contribution >= 4 is 28.6 Å². The van der Waals surface area contributed by atoms with Crippen molar-refractivity contribution in [3.63, 3.8) is 0 Å². The fourth-order valence-electron chi connectivity index (χ4n) is 2.42. The van der Waals surface area contributed by atoms with Gasteiger partial charge in [0.15, 0.2) is 0 Å². The molecule has 0 unspecified atom stereocenters. The number of aryl methyl sites for hydroxylation is 1. The summed E-state index contributed by atoms with van der Waals surface area (Å²) in [4.78, 5) is 16.2. The van der Waals surface area contributed by atoms with Crippen LogP contribution in [0.15, 0.2) is 41.6 Å². The van der Waals surface area contributed by atoms with E-state index in [1.807, 2.05) is 43.3 Å². The molecule has 2 aromatic rings. The van der Waals surface area contributed by atoms with Crippen LogP contribution < -0.4 is 4.90 Å². The van der Waals surface area contributed by atoms with Gasteiger partial charge in [0.1, 0.15) is 0 Å². The molecule has 0 atom stereocenters. The maximum atomic E-state index is 12.6. The molecule has 0 fully saturated rings. The Morgan fingerprint density at radius 3 is 2.80 bits per heavy atom. The number of hydrogen-bond donors (Lipinski definition) is 1. The van der Waals surface area contributed by atoms with Crippen LogP contribution in [0, 0.1) is 6.92 Å². The minimum Gasteiger partial charge on any atom is -0.411 e. The van der Waals surface area contributed by atoms with Gasteiger partial charge in [-0.15, -0.1) is 11.3 Å². The highest BCUT2D eigenvalue weighted by molar-refractivity contribution is 7.14. The third kappa shape index (κ3) is 2.10. The summed E-state index contributed by atoms with van der Waals surface area (Å²) >= 11 is 1.50. The first-order valence-corrected chi connectivity index (χ1v) is 7.21. The zero-order chi connectivity index (χ0) is 14.1. The van der Waals surface area contributed by atoms with E-state index in [1.54, 1.807) is 4.90 Å². The van der Waals surface area contributed by atoms with Crippen molar-refractivity contribution in [3.8, 4) is 0 Å². The molecule has 0 radical (unpaired) electrons. The number of carbonyl (C=O) groups is 1. The first-order valence-electron chi connectivity index (χ1n) is 6.39. The predicted molar refractivity (Wildman–Crippen MR) is 80.1 cm³/mol. The number of fused-ring (bicyclic) bond motifs is 1. The number of benzene rings is 1. The number of nitrogens with zero attached hydrogens (tertiary/aromatic N) is 2. The van der Waals surface area contributed by atoms with Crippen LogP contribution in [0.1, 0.15) is 26.5 Å². The highest BCUT2D eigenvalue weighted by Crippen LogP contribution is 2.29. The van der Waals surface area contributed by atoms with Gasteiger partial charge in [-0.2, -0.15) is 0 Å². The summed E-state index contributed by atoms with van der Waals surface area (Å²) in [5.41, 5.74) is 2.26. The monoisotopic (exact) mass is 286 g/mol. The number of rotatable bonds is 1. The smallest absolute Gasteiger partial charge is 0.268 e. The van der Waals surface area contributed by atoms with Crippen molar-refractivity contribution in [2.75, 3.05) is 11.4 Å². The number of oxime groups is 1. The second kappa shape index (κ2) is 5.09. The van der Waals surface area contributed by atoms with E-state index < -0.39 is 0 Å². The lowest BCUT2D eigenvalue weighted by atomic mass is 9.99. The molecule has 1 N–H and O–H groups in total. The molecule has 5 heteroatoms. The largest absolute Gasteiger partial charge is 0.411 e. The summed E-state index contributed by atoms with van der Waals surface area (Å²) in [6.07, 6.45) is 0.559. The molecule has 1 aromatic carbocycles. The molecular formula is C15H14N2O2S. The molecule has 0 bridgehead atoms. The summed E-state index contributed by atoms with van der Waals surface area (Å²) in [5, 5.41) is 12.4. The fraction of sp³-hybridized carbons (Fsp3) is 0.200. The molecule has 102 valence electrons. The average molecular weight is 286 g/mol. The molecule has 20 heavy (non-hydrogen) atoms. The van der Waals surface area contributed by atoms with Crippen LogP contribution in [0.2, 0.25) is 0 Å². The summed E-state index contributed by atoms with van der Waals surface area (Å²) < 4.78 is 0. The summed E-state index contributed by atoms with van der Waals surface area (Å²) in [6.45, 7) is 2.52. The zero-order valence-corrected chi connectivity index (χ0v) is 11.9. The van der Waals surface area contributed by atoms with Crippen molar-refractivity contribution in [2.45, 2.75) is 13.3 Å². The first kappa shape index (κ1) is 12.9. The Morgan fingerprint density at radius 1 is 1.30 bits per heavy atom. The number of para-hydroxylation sites is 1. The molecule has 3 rings (SSSR count). The molecule has 1 amide bonds. The van der Waals surface area contributed by atoms with E-state index in [4.69, 9.17) is 5.21 Å². The molecule has 1 aliphatic heterocycles. The molecule has 4 nitrogen and oxygen atoms in total. The van der Waals surface area contributed by atoms with Crippen LogP contribution in [0.4, 0.5) is 5.69 Å². The fourth-order valence-corrected chi connectivity index (χ4v) is 3.24. The molecular weight excluding hydrogens is 272 g/mol. The van der Waals surface area contributed by atoms with Crippen molar-refractivity contribution in [1.29, 1.82) is 0 Å². The van der Waals surface area contributed by atoms with Gasteiger partial charge >= 0.3 is 0 Å². The van der Waals surface area contributed by atoms with Gasteiger partial charge < -0.3 is 10.1 Å². The SMILES string of the molecule is Cc1ccc(C(=O)N2CCC(=NO)c3ccccc32)s1. The number of thiophene rings is 1. The Morgan fingerprint density at radius 2 is 2.10 bits per heavy atom. The number of hydrogen-bond acceptors (Lipinski definition) is 4. The zero-order valence-electron chi connectivity index (χ0n) is 11.0. The van der Waals surface area contributed by atoms with Crippen molar-refractivity contribution in [1.82, 2.24) is 0 Å². The van der Waals surface area contributed by atoms with Crippen LogP contribution in [-0.2, 0) is 0 Å². The molecule has 1 aliphatic rings. The molecule has 0 aliphatic carbocycles. The lowest BCUT2D eigenvalue weighted by Crippen LogP contribution is -2.37. The summed E-state index contributed by atoms with van der Waals surface area (Å²) in [6, 6.07) is 11.4. The van der Waals surface area contributed by atoms with Gasteiger partial charge in [-0.3, -0.25) is 4.79 Å². The first-order chi connectivity index (χ1) is 9.70. The van der Waals surface area contributed by atoms with Crippen molar-refractivity contribution < 1.29 is 10.0 Å². The van der Waals surface area contributed by atoms with Crippen LogP contribution >= 0.6 is 11.3 Å². The number of amides is 1. The van der Waals surface area contributed by atoms with E-state index in [1.165, 1.54) is 11.3 Å². The van der Waals surface area contributed by atoms with Crippen LogP contribution in [0.3, 0.4) is 0 Å². The van der Waals surface area contributed by atoms with Crippen molar-refractivity contribution in [3.05, 3.63) is 51.7 Å². The Hall–Kier alpha value is -2.14. The molecule has 0 saturated carbocycles. The maximum absolute atomic E-state index is 12.6. The predicted octanol–water partition coefficient (Wildman–Crippen LogP) is 3.29. The van der Waals surface area contributed by atoms with Gasteiger partial charge in [-0.05, 0) is 25.1 Å². The van der Waals surface area contributed by atoms with E-state index in [-0.39, 0.29) is 5.91 Å². The van der Waals surface area contributed by atoms with Gasteiger partial charge in [0.25, 0.3) is 5.91 Å². The van der Waals surface area contributed by atoms with Gasteiger partial charge in [0, 0.05) is 23.4 Å². The van der Waals surface area contributed by atoms with Crippen molar-refractivity contribution in [2.24, 2.45) is 5.16 Å². The quantitative estimate of drug-likeness (QED) is 0.646. The Bertz CT molecular complexity index is 691. The minimum absolute atomic E-state index is 0.00698. The molecule has 1 aromatic heterocycles. The second-order valence-corrected chi connectivity index (χ2v) is 5.97. The molecule has 0 spiro atoms. The van der Waals surface area contributed by atoms with E-state index in [9.17, 15) is 4.79 Å². The van der Waals surface area contributed by atoms with E-state index >= 15 is 0 Å². The Labute approximate surface area is 121 Å². The van der Waals surface area contributed by atoms with Crippen LogP contribution in [0.5, 0.6) is 0 Å². The van der Waals surface area contributed by atoms with E-state index in [0.717, 1.165) is 21.0 Å². The van der Waals surface area contributed by atoms with Gasteiger partial charge in [-0.1, -0.05) is 23.4 Å². The topological polar surface area (TPSA) is 52.9 Å². The lowest BCUT2D eigenvalue weighted by Gasteiger charge is -2.29. The number of carbonyl (C=O) groups excluding carboxylic acids is 1. The number of anilines is 1. The highest BCUT2D eigenvalue weighted by Gasteiger charge is 2.27. The summed E-state index contributed by atoms with van der Waals surface area (Å²) in [7, 11) is 0. The maximum Gasteiger partial charge on any atom is 0.268 e. The third-order valence-electron chi connectivity index (χ3n) is 3.39. The van der Waals surface area contributed by atoms with E-state index in [2.05, 4.69) is 5.16 Å². The van der Waals surface area contributed by atoms with Gasteiger partial charge in [0.05, 0.1) is 16.3 Å². The normalized spacial score (nSPS) is 16.2. The highest BCUT2D eigenvalue weighted by atomic mass is 32.1. The Kier molecular flexibility index (Phi) is 3.28. The average Bonchev–Trinajstić information content (AvgIpc) is 2.92. The van der Waals surface area contributed by atoms with Gasteiger partial charge in [0.2, 0.25) is 0 Å². The summed E-state index contributed by atoms with van der Waals surface area (Å²) in [5.74, 6) is 0.00698. The Balaban J connectivity index is 2.02. The lowest BCUT2D eigenvalue weighted by molar-refractivity contribution is 0.0991. The second-order valence-electron chi connectivity index (χ2n) is 4.68. The van der Waals surface area contributed by atoms with Crippen LogP contribution in [-0.4, -0.2) is 23.4 Å².